The first kappa shape index (κ1) is 49.4. The average molecular weight is 1020 g/mol. The number of rotatable bonds is 10. The zero-order valence-electron chi connectivity index (χ0n) is 45.4. The normalized spacial score (nSPS) is 18.9. The molecule has 6 nitrogen and oxygen atoms in total. The molecule has 0 amide bonds. The highest BCUT2D eigenvalue weighted by molar-refractivity contribution is 7.26. The second-order valence-corrected chi connectivity index (χ2v) is 25.3. The molecule has 2 saturated heterocycles. The van der Waals surface area contributed by atoms with Gasteiger partial charge in [-0.2, -0.15) is 0 Å². The van der Waals surface area contributed by atoms with E-state index in [0.717, 1.165) is 52.7 Å². The van der Waals surface area contributed by atoms with E-state index in [-0.39, 0.29) is 0 Å². The summed E-state index contributed by atoms with van der Waals surface area (Å²) in [6.45, 7) is 30.9. The lowest BCUT2D eigenvalue weighted by molar-refractivity contribution is 0.00578. The molecule has 2 aliphatic carbocycles. The van der Waals surface area contributed by atoms with E-state index in [4.69, 9.17) is 28.1 Å². The molecule has 0 N–H and O–H groups in total. The minimum Gasteiger partial charge on any atom is -0.493 e. The molecular formula is C64H66B2O6S2. The van der Waals surface area contributed by atoms with E-state index in [0.29, 0.717) is 13.2 Å². The van der Waals surface area contributed by atoms with Crippen LogP contribution in [-0.2, 0) is 29.4 Å². The van der Waals surface area contributed by atoms with Crippen molar-refractivity contribution in [3.8, 4) is 32.4 Å². The van der Waals surface area contributed by atoms with Crippen LogP contribution in [0.5, 0.6) is 11.5 Å². The number of benzene rings is 6. The predicted molar refractivity (Wildman–Crippen MR) is 307 cm³/mol. The molecule has 0 bridgehead atoms. The molecule has 2 fully saturated rings. The summed E-state index contributed by atoms with van der Waals surface area (Å²) < 4.78 is 43.8. The fourth-order valence-electron chi connectivity index (χ4n) is 12.2. The lowest BCUT2D eigenvalue weighted by Crippen LogP contribution is -2.41. The molecule has 4 aliphatic rings. The summed E-state index contributed by atoms with van der Waals surface area (Å²) in [6.07, 6.45) is 0. The number of aryl methyl sites for hydroxylation is 4. The number of hydrogen-bond acceptors (Lipinski definition) is 8. The highest BCUT2D eigenvalue weighted by atomic mass is 32.1. The van der Waals surface area contributed by atoms with Gasteiger partial charge in [-0.05, 0) is 176 Å². The first-order valence-corrected chi connectivity index (χ1v) is 28.0. The maximum absolute atomic E-state index is 7.13. The third-order valence-corrected chi connectivity index (χ3v) is 19.7. The Morgan fingerprint density at radius 1 is 0.405 bits per heavy atom. The van der Waals surface area contributed by atoms with E-state index in [9.17, 15) is 0 Å². The molecule has 0 atom stereocenters. The molecule has 0 saturated carbocycles. The maximum Gasteiger partial charge on any atom is 0.505 e. The lowest BCUT2D eigenvalue weighted by Gasteiger charge is -2.37. The van der Waals surface area contributed by atoms with Crippen molar-refractivity contribution in [2.75, 3.05) is 13.2 Å². The second-order valence-electron chi connectivity index (χ2n) is 23.1. The van der Waals surface area contributed by atoms with Gasteiger partial charge in [0.05, 0.1) is 46.4 Å². The maximum atomic E-state index is 7.13. The number of ether oxygens (including phenoxy) is 2. The Hall–Kier alpha value is -5.45. The van der Waals surface area contributed by atoms with Crippen LogP contribution in [0.1, 0.15) is 136 Å². The minimum atomic E-state index is -0.808. The van der Waals surface area contributed by atoms with E-state index in [2.05, 4.69) is 218 Å². The van der Waals surface area contributed by atoms with Crippen molar-refractivity contribution in [2.45, 2.75) is 130 Å². The number of fused-ring (bicyclic) bond motifs is 9. The SMILES string of the molecule is CCOc1cc2c3c(c(OCC)cc2c2c1-c1sc(B4OC(C)(C)C(C)(C)O4)cc1C2(c1ccc(C)cc1)c1ccc(C)cc1)-c1sc(B2OC(C)(C)C(C)(C)O2)cc1C3(c1ccc(C)cc1)c1ccc(C)cc1. The topological polar surface area (TPSA) is 55.4 Å². The zero-order valence-corrected chi connectivity index (χ0v) is 47.0. The van der Waals surface area contributed by atoms with Crippen molar-refractivity contribution in [1.82, 2.24) is 0 Å². The highest BCUT2D eigenvalue weighted by Gasteiger charge is 2.58. The highest BCUT2D eigenvalue weighted by Crippen LogP contribution is 2.67. The van der Waals surface area contributed by atoms with E-state index < -0.39 is 47.5 Å². The molecule has 2 aliphatic heterocycles. The monoisotopic (exact) mass is 1020 g/mol. The Morgan fingerprint density at radius 2 is 0.676 bits per heavy atom. The molecule has 12 rings (SSSR count). The molecule has 0 unspecified atom stereocenters. The third kappa shape index (κ3) is 6.97. The van der Waals surface area contributed by atoms with Crippen LogP contribution >= 0.6 is 22.7 Å². The molecule has 2 aromatic heterocycles. The standard InChI is InChI=1S/C64H66B2O6S2/c1-15-67-49-33-45-46(55-53(49)57-47(35-51(73-57)65-69-59(7,8)60(9,10)70-65)63(55,41-25-17-37(3)18-26-41)42-27-19-38(4)20-28-42)34-50(68-16-2)54-56(45)64(43-29-21-39(5)22-30-43,44-31-23-40(6)24-32-44)48-36-52(74-58(48)54)66-71-61(11,12)62(13,14)72-66/h17-36H,15-16H2,1-14H3. The fourth-order valence-corrected chi connectivity index (χ4v) is 14.6. The first-order chi connectivity index (χ1) is 35.2. The van der Waals surface area contributed by atoms with Gasteiger partial charge < -0.3 is 28.1 Å². The summed E-state index contributed by atoms with van der Waals surface area (Å²) in [7, 11) is -1.08. The fraction of sp³-hybridized carbons (Fsp3) is 0.344. The summed E-state index contributed by atoms with van der Waals surface area (Å²) in [5.74, 6) is 1.70. The lowest BCUT2D eigenvalue weighted by atomic mass is 9.64. The molecular weight excluding hydrogens is 950 g/mol. The van der Waals surface area contributed by atoms with Gasteiger partial charge in [0.15, 0.2) is 0 Å². The summed E-state index contributed by atoms with van der Waals surface area (Å²) in [6, 6.07) is 46.3. The van der Waals surface area contributed by atoms with E-state index in [1.54, 1.807) is 22.7 Å². The minimum absolute atomic E-state index is 0.482. The van der Waals surface area contributed by atoms with Crippen LogP contribution in [-0.4, -0.2) is 49.9 Å². The Morgan fingerprint density at radius 3 is 0.932 bits per heavy atom. The van der Waals surface area contributed by atoms with Gasteiger partial charge in [-0.25, -0.2) is 0 Å². The van der Waals surface area contributed by atoms with E-state index >= 15 is 0 Å². The van der Waals surface area contributed by atoms with Gasteiger partial charge >= 0.3 is 14.2 Å². The Bertz CT molecular complexity index is 3170. The van der Waals surface area contributed by atoms with Gasteiger partial charge in [0.25, 0.3) is 0 Å². The van der Waals surface area contributed by atoms with Crippen molar-refractivity contribution in [1.29, 1.82) is 0 Å². The van der Waals surface area contributed by atoms with Gasteiger partial charge in [-0.1, -0.05) is 119 Å². The Kier molecular flexibility index (Phi) is 11.4. The van der Waals surface area contributed by atoms with Crippen molar-refractivity contribution >= 4 is 57.2 Å². The number of thiophene rings is 2. The molecule has 0 radical (unpaired) electrons. The summed E-state index contributed by atoms with van der Waals surface area (Å²) in [5, 5.41) is 2.25. The molecule has 74 heavy (non-hydrogen) atoms. The van der Waals surface area contributed by atoms with Crippen LogP contribution < -0.4 is 19.0 Å². The quantitative estimate of drug-likeness (QED) is 0.127. The third-order valence-electron chi connectivity index (χ3n) is 17.4. The molecule has 6 aromatic carbocycles. The van der Waals surface area contributed by atoms with Gasteiger partial charge in [0.1, 0.15) is 11.5 Å². The van der Waals surface area contributed by atoms with Crippen molar-refractivity contribution < 1.29 is 28.1 Å². The van der Waals surface area contributed by atoms with Crippen LogP contribution in [0.15, 0.2) is 121 Å². The van der Waals surface area contributed by atoms with E-state index in [1.807, 2.05) is 0 Å². The molecule has 8 aromatic rings. The number of hydrogen-bond donors (Lipinski definition) is 0. The van der Waals surface area contributed by atoms with Crippen molar-refractivity contribution in [2.24, 2.45) is 0 Å². The van der Waals surface area contributed by atoms with Gasteiger partial charge in [-0.15, -0.1) is 22.7 Å². The molecule has 4 heterocycles. The molecule has 0 spiro atoms. The summed E-state index contributed by atoms with van der Waals surface area (Å²) in [4.78, 5) is 2.31. The Labute approximate surface area is 446 Å². The van der Waals surface area contributed by atoms with Gasteiger partial charge in [0, 0.05) is 30.4 Å². The smallest absolute Gasteiger partial charge is 0.493 e. The van der Waals surface area contributed by atoms with Crippen LogP contribution in [0.3, 0.4) is 0 Å². The molecule has 10 heteroatoms. The molecule has 376 valence electrons. The van der Waals surface area contributed by atoms with Crippen LogP contribution in [0.4, 0.5) is 0 Å². The predicted octanol–water partition coefficient (Wildman–Crippen LogP) is 14.3. The summed E-state index contributed by atoms with van der Waals surface area (Å²) >= 11 is 3.53. The zero-order chi connectivity index (χ0) is 52.1. The van der Waals surface area contributed by atoms with Crippen LogP contribution in [0.2, 0.25) is 0 Å². The van der Waals surface area contributed by atoms with Crippen LogP contribution in [0.25, 0.3) is 31.7 Å². The first-order valence-electron chi connectivity index (χ1n) is 26.4. The van der Waals surface area contributed by atoms with Crippen molar-refractivity contribution in [3.63, 3.8) is 0 Å². The van der Waals surface area contributed by atoms with Gasteiger partial charge in [0.2, 0.25) is 0 Å². The second kappa shape index (κ2) is 17.0. The van der Waals surface area contributed by atoms with Crippen LogP contribution in [0, 0.1) is 27.7 Å². The van der Waals surface area contributed by atoms with Crippen molar-refractivity contribution in [3.05, 3.63) is 188 Å². The van der Waals surface area contributed by atoms with E-state index in [1.165, 1.54) is 66.8 Å². The summed E-state index contributed by atoms with van der Waals surface area (Å²) in [5.41, 5.74) is 12.8. The average Bonchev–Trinajstić information content (AvgIpc) is 4.23. The largest absolute Gasteiger partial charge is 0.505 e. The van der Waals surface area contributed by atoms with Gasteiger partial charge in [-0.3, -0.25) is 0 Å². The Balaban J connectivity index is 1.26.